The average Bonchev–Trinajstić information content (AvgIpc) is 2.59. The van der Waals surface area contributed by atoms with Gasteiger partial charge in [0.15, 0.2) is 0 Å². The molecule has 1 atom stereocenters. The summed E-state index contributed by atoms with van der Waals surface area (Å²) in [5, 5.41) is 2.82. The fourth-order valence-corrected chi connectivity index (χ4v) is 2.67. The van der Waals surface area contributed by atoms with Crippen LogP contribution in [0.3, 0.4) is 0 Å². The highest BCUT2D eigenvalue weighted by Crippen LogP contribution is 2.42. The Kier molecular flexibility index (Phi) is 2.01. The highest BCUT2D eigenvalue weighted by molar-refractivity contribution is 5.99. The van der Waals surface area contributed by atoms with Crippen molar-refractivity contribution < 1.29 is 9.53 Å². The van der Waals surface area contributed by atoms with Crippen LogP contribution < -0.4 is 15.8 Å². The molecule has 1 aromatic rings. The summed E-state index contributed by atoms with van der Waals surface area (Å²) < 4.78 is 6.01. The summed E-state index contributed by atoms with van der Waals surface area (Å²) in [7, 11) is 0. The summed E-state index contributed by atoms with van der Waals surface area (Å²) >= 11 is 0. The second-order valence-corrected chi connectivity index (χ2v) is 5.37. The Morgan fingerprint density at radius 3 is 3.00 bits per heavy atom. The van der Waals surface area contributed by atoms with E-state index in [-0.39, 0.29) is 17.6 Å². The smallest absolute Gasteiger partial charge is 0.252 e. The summed E-state index contributed by atoms with van der Waals surface area (Å²) in [5.41, 5.74) is 8.58. The minimum Gasteiger partial charge on any atom is -0.487 e. The van der Waals surface area contributed by atoms with E-state index in [2.05, 4.69) is 5.32 Å². The number of amides is 1. The lowest BCUT2D eigenvalue weighted by molar-refractivity contribution is 0.0716. The van der Waals surface area contributed by atoms with Crippen LogP contribution in [-0.2, 0) is 6.54 Å². The molecule has 0 fully saturated rings. The van der Waals surface area contributed by atoms with Gasteiger partial charge < -0.3 is 15.8 Å². The van der Waals surface area contributed by atoms with Crippen molar-refractivity contribution in [1.29, 1.82) is 0 Å². The molecule has 2 aliphatic heterocycles. The minimum absolute atomic E-state index is 0.0187. The number of carbonyl (C=O) groups excluding carboxylic acids is 1. The number of rotatable bonds is 0. The fourth-order valence-electron chi connectivity index (χ4n) is 2.67. The van der Waals surface area contributed by atoms with Crippen molar-refractivity contribution in [2.75, 3.05) is 0 Å². The quantitative estimate of drug-likeness (QED) is 0.712. The van der Waals surface area contributed by atoms with E-state index in [1.54, 1.807) is 0 Å². The molecule has 1 amide bonds. The van der Waals surface area contributed by atoms with Gasteiger partial charge in [-0.2, -0.15) is 0 Å². The molecule has 0 saturated carbocycles. The molecule has 90 valence electrons. The first-order chi connectivity index (χ1) is 7.98. The van der Waals surface area contributed by atoms with Gasteiger partial charge in [-0.3, -0.25) is 4.79 Å². The van der Waals surface area contributed by atoms with Crippen LogP contribution in [0, 0.1) is 0 Å². The summed E-state index contributed by atoms with van der Waals surface area (Å²) in [6.45, 7) is 4.60. The zero-order chi connectivity index (χ0) is 12.2. The second-order valence-electron chi connectivity index (χ2n) is 5.37. The highest BCUT2D eigenvalue weighted by Gasteiger charge is 2.36. The van der Waals surface area contributed by atoms with Gasteiger partial charge in [0.1, 0.15) is 11.4 Å². The van der Waals surface area contributed by atoms with Crippen molar-refractivity contribution in [3.8, 4) is 5.75 Å². The first kappa shape index (κ1) is 10.6. The zero-order valence-corrected chi connectivity index (χ0v) is 10.0. The first-order valence-corrected chi connectivity index (χ1v) is 5.86. The Balaban J connectivity index is 2.18. The van der Waals surface area contributed by atoms with Gasteiger partial charge >= 0.3 is 0 Å². The van der Waals surface area contributed by atoms with Crippen LogP contribution in [0.5, 0.6) is 5.75 Å². The Morgan fingerprint density at radius 1 is 1.47 bits per heavy atom. The molecule has 4 nitrogen and oxygen atoms in total. The largest absolute Gasteiger partial charge is 0.487 e. The first-order valence-electron chi connectivity index (χ1n) is 5.86. The van der Waals surface area contributed by atoms with E-state index in [0.29, 0.717) is 12.1 Å². The van der Waals surface area contributed by atoms with Gasteiger partial charge in [-0.25, -0.2) is 0 Å². The molecule has 0 bridgehead atoms. The van der Waals surface area contributed by atoms with Crippen molar-refractivity contribution in [2.24, 2.45) is 5.73 Å². The lowest BCUT2D eigenvalue weighted by Crippen LogP contribution is -2.38. The summed E-state index contributed by atoms with van der Waals surface area (Å²) in [6, 6.07) is 3.74. The number of carbonyl (C=O) groups is 1. The highest BCUT2D eigenvalue weighted by atomic mass is 16.5. The molecular formula is C13H16N2O2. The number of fused-ring (bicyclic) bond motifs is 3. The van der Waals surface area contributed by atoms with Crippen molar-refractivity contribution in [1.82, 2.24) is 5.32 Å². The van der Waals surface area contributed by atoms with E-state index in [1.165, 1.54) is 0 Å². The third-order valence-corrected chi connectivity index (χ3v) is 3.45. The lowest BCUT2D eigenvalue weighted by Gasteiger charge is -2.37. The third kappa shape index (κ3) is 1.52. The van der Waals surface area contributed by atoms with Crippen molar-refractivity contribution in [3.05, 3.63) is 28.8 Å². The van der Waals surface area contributed by atoms with Crippen LogP contribution in [-0.4, -0.2) is 11.5 Å². The van der Waals surface area contributed by atoms with Gasteiger partial charge in [0.05, 0.1) is 0 Å². The second kappa shape index (κ2) is 3.23. The summed E-state index contributed by atoms with van der Waals surface area (Å²) in [4.78, 5) is 11.6. The molecule has 3 N–H and O–H groups in total. The van der Waals surface area contributed by atoms with Crippen LogP contribution >= 0.6 is 0 Å². The number of hydrogen-bond donors (Lipinski definition) is 2. The Bertz CT molecular complexity index is 508. The average molecular weight is 232 g/mol. The summed E-state index contributed by atoms with van der Waals surface area (Å²) in [5.74, 6) is 0.785. The van der Waals surface area contributed by atoms with Gasteiger partial charge in [-0.15, -0.1) is 0 Å². The maximum Gasteiger partial charge on any atom is 0.252 e. The van der Waals surface area contributed by atoms with Crippen molar-refractivity contribution >= 4 is 5.91 Å². The van der Waals surface area contributed by atoms with Crippen LogP contribution in [0.1, 0.15) is 47.8 Å². The SMILES string of the molecule is CC1(C)CC(N)c2ccc3c(c2O1)CNC3=O. The molecule has 0 radical (unpaired) electrons. The normalized spacial score (nSPS) is 24.6. The van der Waals surface area contributed by atoms with Crippen LogP contribution in [0.25, 0.3) is 0 Å². The Morgan fingerprint density at radius 2 is 2.24 bits per heavy atom. The molecule has 1 unspecified atom stereocenters. The van der Waals surface area contributed by atoms with E-state index in [9.17, 15) is 4.79 Å². The van der Waals surface area contributed by atoms with Gasteiger partial charge in [-0.1, -0.05) is 6.07 Å². The number of nitrogens with one attached hydrogen (secondary N) is 1. The van der Waals surface area contributed by atoms with Crippen LogP contribution in [0.2, 0.25) is 0 Å². The number of benzene rings is 1. The molecule has 4 heteroatoms. The molecule has 0 spiro atoms. The predicted molar refractivity (Wildman–Crippen MR) is 63.9 cm³/mol. The van der Waals surface area contributed by atoms with Crippen LogP contribution in [0.4, 0.5) is 0 Å². The third-order valence-electron chi connectivity index (χ3n) is 3.45. The van der Waals surface area contributed by atoms with E-state index < -0.39 is 0 Å². The van der Waals surface area contributed by atoms with E-state index in [4.69, 9.17) is 10.5 Å². The number of nitrogens with two attached hydrogens (primary N) is 1. The van der Waals surface area contributed by atoms with Crippen LogP contribution in [0.15, 0.2) is 12.1 Å². The van der Waals surface area contributed by atoms with E-state index >= 15 is 0 Å². The molecular weight excluding hydrogens is 216 g/mol. The Labute approximate surface area is 100 Å². The molecule has 17 heavy (non-hydrogen) atoms. The minimum atomic E-state index is -0.271. The van der Waals surface area contributed by atoms with E-state index in [1.807, 2.05) is 26.0 Å². The standard InChI is InChI=1S/C13H16N2O2/c1-13(2)5-10(14)8-4-3-7-9(11(8)17-13)6-15-12(7)16/h3-4,10H,5-6,14H2,1-2H3,(H,15,16). The van der Waals surface area contributed by atoms with Gasteiger partial charge in [0, 0.05) is 35.7 Å². The topological polar surface area (TPSA) is 64.3 Å². The molecule has 0 aromatic heterocycles. The molecule has 0 aliphatic carbocycles. The zero-order valence-electron chi connectivity index (χ0n) is 10.0. The fraction of sp³-hybridized carbons (Fsp3) is 0.462. The summed E-state index contributed by atoms with van der Waals surface area (Å²) in [6.07, 6.45) is 0.792. The van der Waals surface area contributed by atoms with Gasteiger partial charge in [0.2, 0.25) is 0 Å². The van der Waals surface area contributed by atoms with E-state index in [0.717, 1.165) is 23.3 Å². The van der Waals surface area contributed by atoms with Crippen molar-refractivity contribution in [3.63, 3.8) is 0 Å². The number of ether oxygens (including phenoxy) is 1. The molecule has 3 rings (SSSR count). The number of hydrogen-bond acceptors (Lipinski definition) is 3. The molecule has 1 aromatic carbocycles. The molecule has 0 saturated heterocycles. The maximum atomic E-state index is 11.6. The van der Waals surface area contributed by atoms with Crippen molar-refractivity contribution in [2.45, 2.75) is 38.5 Å². The molecule has 2 aliphatic rings. The monoisotopic (exact) mass is 232 g/mol. The molecule has 2 heterocycles. The maximum absolute atomic E-state index is 11.6. The van der Waals surface area contributed by atoms with Gasteiger partial charge in [-0.05, 0) is 19.9 Å². The lowest BCUT2D eigenvalue weighted by atomic mass is 9.88. The predicted octanol–water partition coefficient (Wildman–Crippen LogP) is 1.49. The van der Waals surface area contributed by atoms with Gasteiger partial charge in [0.25, 0.3) is 5.91 Å². The Hall–Kier alpha value is -1.55.